The van der Waals surface area contributed by atoms with E-state index in [1.54, 1.807) is 20.8 Å². The van der Waals surface area contributed by atoms with Gasteiger partial charge in [0.2, 0.25) is 70.9 Å². The van der Waals surface area contributed by atoms with Gasteiger partial charge in [0, 0.05) is 87.7 Å². The largest absolute Gasteiger partial charge is 0.391 e. The topological polar surface area (TPSA) is 279 Å². The zero-order valence-corrected chi connectivity index (χ0v) is 63.3. The molecule has 3 N–H and O–H groups in total. The highest BCUT2D eigenvalue weighted by Gasteiger charge is 2.54. The number of halogens is 3. The van der Waals surface area contributed by atoms with Crippen molar-refractivity contribution in [1.82, 2.24) is 60.0 Å². The number of carbonyl (C=O) groups excluding carboxylic acids is 12. The smallest absolute Gasteiger partial charge is 0.377 e. The molecule has 0 aromatic carbocycles. The number of ether oxygens (including phenoxy) is 1. The van der Waals surface area contributed by atoms with Crippen molar-refractivity contribution in [3.05, 3.63) is 0 Å². The Morgan fingerprint density at radius 3 is 1.91 bits per heavy atom. The van der Waals surface area contributed by atoms with Gasteiger partial charge in [-0.2, -0.15) is 24.9 Å². The summed E-state index contributed by atoms with van der Waals surface area (Å²) in [6.07, 6.45) is 4.03. The Hall–Kier alpha value is -6.26. The molecule has 2 bridgehead atoms. The Morgan fingerprint density at radius 2 is 1.29 bits per heavy atom. The van der Waals surface area contributed by atoms with Crippen LogP contribution < -0.4 is 16.0 Å². The number of nitrogens with zero attached hydrogens (tertiary/aromatic N) is 9. The Labute approximate surface area is 605 Å². The lowest BCUT2D eigenvalue weighted by molar-refractivity contribution is -0.184. The van der Waals surface area contributed by atoms with Crippen molar-refractivity contribution in [3.63, 3.8) is 0 Å². The molecule has 4 aliphatic carbocycles. The number of hydrogen-bond donors (Lipinski definition) is 3. The maximum atomic E-state index is 15.6. The van der Waals surface area contributed by atoms with Crippen LogP contribution >= 0.6 is 11.8 Å². The second kappa shape index (κ2) is 35.7. The number of nitrogens with one attached hydrogen (secondary N) is 3. The highest BCUT2D eigenvalue weighted by atomic mass is 32.2. The molecule has 4 heterocycles. The lowest BCUT2D eigenvalue weighted by Gasteiger charge is -2.46. The van der Waals surface area contributed by atoms with E-state index in [2.05, 4.69) is 16.0 Å². The molecule has 4 saturated carbocycles. The molecule has 574 valence electrons. The molecule has 8 rings (SSSR count). The summed E-state index contributed by atoms with van der Waals surface area (Å²) in [5.74, 6) is -8.65. The van der Waals surface area contributed by atoms with Gasteiger partial charge in [-0.3, -0.25) is 57.5 Å². The lowest BCUT2D eigenvalue weighted by atomic mass is 9.74. The molecule has 0 radical (unpaired) electrons. The Morgan fingerprint density at radius 1 is 0.637 bits per heavy atom. The molecular formula is C73H117F3N12O13S. The summed E-state index contributed by atoms with van der Waals surface area (Å²) in [7, 11) is 11.5. The zero-order valence-electron chi connectivity index (χ0n) is 62.5. The summed E-state index contributed by atoms with van der Waals surface area (Å²) in [5.41, 5.74) is -1.52. The van der Waals surface area contributed by atoms with Gasteiger partial charge in [-0.05, 0) is 171 Å². The van der Waals surface area contributed by atoms with Gasteiger partial charge in [-0.15, -0.1) is 0 Å². The van der Waals surface area contributed by atoms with E-state index in [4.69, 9.17) is 4.74 Å². The Bertz CT molecular complexity index is 3020. The maximum absolute atomic E-state index is 15.6. The number of likely N-dealkylation sites (N-methyl/N-ethyl adjacent to an activating group) is 7. The molecule has 8 aliphatic rings. The number of thioether (sulfide) groups is 1. The third-order valence-electron chi connectivity index (χ3n) is 24.2. The molecule has 8 fully saturated rings. The van der Waals surface area contributed by atoms with Gasteiger partial charge in [0.25, 0.3) is 0 Å². The predicted octanol–water partition coefficient (Wildman–Crippen LogP) is 5.21. The molecule has 4 saturated heterocycles. The van der Waals surface area contributed by atoms with E-state index in [0.29, 0.717) is 56.1 Å². The summed E-state index contributed by atoms with van der Waals surface area (Å²) in [5, 5.41) is 9.48. The first-order valence-corrected chi connectivity index (χ1v) is 38.9. The van der Waals surface area contributed by atoms with Crippen molar-refractivity contribution >= 4 is 82.6 Å². The number of carbonyl (C=O) groups is 12. The first-order chi connectivity index (χ1) is 48.2. The van der Waals surface area contributed by atoms with Crippen LogP contribution in [-0.4, -0.2) is 281 Å². The van der Waals surface area contributed by atoms with Gasteiger partial charge < -0.3 is 64.8 Å². The van der Waals surface area contributed by atoms with Gasteiger partial charge in [0.05, 0.1) is 31.5 Å². The minimum atomic E-state index is -4.42. The van der Waals surface area contributed by atoms with Crippen LogP contribution in [-0.2, 0) is 62.3 Å². The molecule has 12 amide bonds. The summed E-state index contributed by atoms with van der Waals surface area (Å²) < 4.78 is 48.4. The molecule has 25 nitrogen and oxygen atoms in total. The summed E-state index contributed by atoms with van der Waals surface area (Å²) >= 11 is 1.99. The molecule has 29 heteroatoms. The summed E-state index contributed by atoms with van der Waals surface area (Å²) in [6.45, 7) is 6.14. The van der Waals surface area contributed by atoms with Gasteiger partial charge in [0.15, 0.2) is 0 Å². The van der Waals surface area contributed by atoms with E-state index in [1.165, 1.54) is 90.7 Å². The van der Waals surface area contributed by atoms with Gasteiger partial charge in [-0.25, -0.2) is 0 Å². The van der Waals surface area contributed by atoms with E-state index in [0.717, 1.165) is 54.1 Å². The highest BCUT2D eigenvalue weighted by molar-refractivity contribution is 8.00. The average molecular weight is 1460 g/mol. The van der Waals surface area contributed by atoms with Crippen LogP contribution in [0.15, 0.2) is 0 Å². The molecule has 4 aliphatic heterocycles. The number of hydrogen-bond acceptors (Lipinski definition) is 14. The van der Waals surface area contributed by atoms with Crippen LogP contribution in [0.5, 0.6) is 0 Å². The maximum Gasteiger partial charge on any atom is 0.391 e. The lowest BCUT2D eigenvalue weighted by Crippen LogP contribution is -2.68. The number of amides is 12. The molecule has 3 unspecified atom stereocenters. The molecule has 1 spiro atoms. The molecule has 13 atom stereocenters. The van der Waals surface area contributed by atoms with Crippen LogP contribution in [0.1, 0.15) is 188 Å². The fourth-order valence-corrected chi connectivity index (χ4v) is 19.0. The summed E-state index contributed by atoms with van der Waals surface area (Å²) in [6, 6.07) is -9.84. The van der Waals surface area contributed by atoms with Crippen LogP contribution in [0.4, 0.5) is 13.2 Å². The highest BCUT2D eigenvalue weighted by Crippen LogP contribution is 2.46. The van der Waals surface area contributed by atoms with E-state index in [9.17, 15) is 41.9 Å². The van der Waals surface area contributed by atoms with Gasteiger partial charge in [0.1, 0.15) is 53.9 Å². The minimum absolute atomic E-state index is 0.0332. The van der Waals surface area contributed by atoms with Crippen molar-refractivity contribution in [3.8, 4) is 0 Å². The SMILES string of the molecule is CCO[C@@H]1C[C@H]2C(=O)NC3(CCC3)C(=O)N(C)[C@@H](C3CCCC3)C(=O)N(C)[C@H](C(=O)N(C)C)CC(=O)N(C)[C@@H](CC)C(=O)N[C@@H]([C@@H](C)CC)C(=O)N(C)CC(=O)N(C)[C@H]3CCCCN(C3=O)[C@@H](CC3CCC(C(F)(F)F)CC3)C(=O)N(C)CC(=O)N[C@@H](CCC3CCC4SCCC4C3)C(=O)N2C1. The normalized spacial score (nSPS) is 32.4. The van der Waals surface area contributed by atoms with Crippen LogP contribution in [0.25, 0.3) is 0 Å². The first kappa shape index (κ1) is 81.4. The monoisotopic (exact) mass is 1460 g/mol. The summed E-state index contributed by atoms with van der Waals surface area (Å²) in [4.78, 5) is 192. The fraction of sp³-hybridized carbons (Fsp3) is 0.836. The van der Waals surface area contributed by atoms with Crippen LogP contribution in [0.3, 0.4) is 0 Å². The first-order valence-electron chi connectivity index (χ1n) is 37.8. The number of rotatable bonds is 12. The zero-order chi connectivity index (χ0) is 74.8. The molecule has 0 aromatic rings. The third-order valence-corrected chi connectivity index (χ3v) is 25.8. The second-order valence-corrected chi connectivity index (χ2v) is 32.5. The number of fused-ring (bicyclic) bond motifs is 4. The van der Waals surface area contributed by atoms with Crippen LogP contribution in [0, 0.1) is 35.5 Å². The van der Waals surface area contributed by atoms with Crippen molar-refractivity contribution in [2.75, 3.05) is 94.9 Å². The quantitative estimate of drug-likeness (QED) is 0.226. The Balaban J connectivity index is 1.17. The molecule has 0 aromatic heterocycles. The van der Waals surface area contributed by atoms with Gasteiger partial charge >= 0.3 is 6.18 Å². The molecular weight excluding hydrogens is 1340 g/mol. The molecule has 102 heavy (non-hydrogen) atoms. The fourth-order valence-electron chi connectivity index (χ4n) is 17.5. The minimum Gasteiger partial charge on any atom is -0.377 e. The van der Waals surface area contributed by atoms with Gasteiger partial charge in [-0.1, -0.05) is 40.0 Å². The van der Waals surface area contributed by atoms with Crippen molar-refractivity contribution in [2.24, 2.45) is 35.5 Å². The van der Waals surface area contributed by atoms with E-state index < -0.39 is 174 Å². The van der Waals surface area contributed by atoms with Crippen molar-refractivity contribution in [2.45, 2.75) is 260 Å². The Kier molecular flexibility index (Phi) is 28.5. The average Bonchev–Trinajstić information content (AvgIpc) is 1.15. The standard InChI is InChI=1S/C73H117F3N12O13S/c1-13-44(4)61-69(98)82(8)43-60(91)84(10)53-23-18-19-35-87(68(53)97)56(38-46-24-28-49(29-25-46)73(74,75)76)67(96)81(7)42-58(89)77-51(30-26-45-27-31-57-48(37-45)32-36-102-57)65(94)88-41-50(101-15-3)39-54(88)64(93)79-72(33-20-34-72)71(100)86(12)62(47-21-16-17-22-47)70(99)85(11)55(66(95)80(5)6)40-59(90)83(9)52(14-2)63(92)78-61/h44-57,61-62H,13-43H2,1-12H3,(H,77,89)(H,78,92)(H,79,93)/t44-,45?,46?,48?,49?,50+,51-,52-,53-,54-,55-,56-,57?,61-,62-/m0/s1. The second-order valence-electron chi connectivity index (χ2n) is 31.1. The van der Waals surface area contributed by atoms with Crippen molar-refractivity contribution in [1.29, 1.82) is 0 Å². The predicted molar refractivity (Wildman–Crippen MR) is 377 cm³/mol. The third kappa shape index (κ3) is 19.0. The van der Waals surface area contributed by atoms with E-state index >= 15 is 28.8 Å². The van der Waals surface area contributed by atoms with E-state index in [-0.39, 0.29) is 102 Å². The number of alkyl halides is 3. The van der Waals surface area contributed by atoms with E-state index in [1.807, 2.05) is 18.7 Å². The van der Waals surface area contributed by atoms with Crippen molar-refractivity contribution < 1.29 is 75.4 Å². The van der Waals surface area contributed by atoms with Crippen LogP contribution in [0.2, 0.25) is 0 Å².